The van der Waals surface area contributed by atoms with Gasteiger partial charge in [0.05, 0.1) is 19.1 Å². The van der Waals surface area contributed by atoms with Gasteiger partial charge in [0.25, 0.3) is 0 Å². The Kier molecular flexibility index (Phi) is 8.02. The first-order chi connectivity index (χ1) is 6.22. The van der Waals surface area contributed by atoms with E-state index in [1.807, 2.05) is 18.7 Å². The van der Waals surface area contributed by atoms with Crippen LogP contribution >= 0.6 is 13.6 Å². The Balaban J connectivity index is 0.000000671. The molecular weight excluding hydrogens is 287 g/mol. The molecule has 0 aromatic rings. The Morgan fingerprint density at radius 2 is 1.85 bits per heavy atom. The van der Waals surface area contributed by atoms with Crippen LogP contribution in [0.15, 0.2) is 0 Å². The molecule has 72 valence electrons. The number of morpholine rings is 1. The number of hydrogen-bond acceptors (Lipinski definition) is 2. The summed E-state index contributed by atoms with van der Waals surface area (Å²) in [6.07, 6.45) is 0. The van der Waals surface area contributed by atoms with Crippen molar-refractivity contribution in [1.29, 1.82) is 0 Å². The third-order valence-corrected chi connectivity index (χ3v) is 1.73. The molecule has 0 bridgehead atoms. The van der Waals surface area contributed by atoms with Crippen molar-refractivity contribution in [3.05, 3.63) is 5.92 Å². The van der Waals surface area contributed by atoms with Crippen LogP contribution in [-0.4, -0.2) is 37.1 Å². The second kappa shape index (κ2) is 7.77. The van der Waals surface area contributed by atoms with Gasteiger partial charge in [-0.15, -0.1) is 0 Å². The molecule has 1 saturated heterocycles. The van der Waals surface area contributed by atoms with E-state index in [1.54, 1.807) is 0 Å². The van der Waals surface area contributed by atoms with Crippen molar-refractivity contribution in [3.8, 4) is 0 Å². The summed E-state index contributed by atoms with van der Waals surface area (Å²) in [6, 6.07) is 0. The van der Waals surface area contributed by atoms with E-state index in [-0.39, 0.29) is 5.91 Å². The van der Waals surface area contributed by atoms with Crippen LogP contribution in [0.25, 0.3) is 0 Å². The summed E-state index contributed by atoms with van der Waals surface area (Å²) in [7, 11) is 0. The Labute approximate surface area is 96.2 Å². The predicted octanol–water partition coefficient (Wildman–Crippen LogP) is 1.30. The van der Waals surface area contributed by atoms with E-state index in [0.717, 1.165) is 19.0 Å². The van der Waals surface area contributed by atoms with Gasteiger partial charge >= 0.3 is 30.0 Å². The molecule has 0 spiro atoms. The van der Waals surface area contributed by atoms with Gasteiger partial charge in [-0.2, -0.15) is 13.8 Å². The number of hydrogen-bond donors (Lipinski definition) is 0. The van der Waals surface area contributed by atoms with Crippen LogP contribution in [0.3, 0.4) is 0 Å². The van der Waals surface area contributed by atoms with Crippen LogP contribution < -0.4 is 0 Å². The maximum absolute atomic E-state index is 11.3. The van der Waals surface area contributed by atoms with E-state index in [9.17, 15) is 4.79 Å². The SMILES string of the molecule is C[C-](C)C(=O)N1CCOCC1.[Zn+][Br]. The average molecular weight is 301 g/mol. The quantitative estimate of drug-likeness (QED) is 0.540. The van der Waals surface area contributed by atoms with Crippen molar-refractivity contribution < 1.29 is 25.9 Å². The van der Waals surface area contributed by atoms with E-state index in [1.165, 1.54) is 16.3 Å². The van der Waals surface area contributed by atoms with Crippen LogP contribution in [0, 0.1) is 5.92 Å². The minimum atomic E-state index is 0.160. The molecule has 13 heavy (non-hydrogen) atoms. The molecule has 0 saturated carbocycles. The molecule has 3 nitrogen and oxygen atoms in total. The van der Waals surface area contributed by atoms with Crippen LogP contribution in [0.4, 0.5) is 0 Å². The molecule has 0 aromatic heterocycles. The van der Waals surface area contributed by atoms with Crippen LogP contribution in [0.5, 0.6) is 0 Å². The Morgan fingerprint density at radius 1 is 1.38 bits per heavy atom. The molecule has 1 heterocycles. The number of nitrogens with zero attached hydrogens (tertiary/aromatic N) is 1. The molecule has 1 fully saturated rings. The molecule has 1 rings (SSSR count). The Bertz CT molecular complexity index is 149. The third-order valence-electron chi connectivity index (χ3n) is 1.73. The second-order valence-electron chi connectivity index (χ2n) is 2.90. The summed E-state index contributed by atoms with van der Waals surface area (Å²) in [4.78, 5) is 13.2. The predicted molar refractivity (Wildman–Crippen MR) is 50.9 cm³/mol. The number of halogens is 1. The number of ether oxygens (including phenoxy) is 1. The van der Waals surface area contributed by atoms with Crippen molar-refractivity contribution in [2.75, 3.05) is 26.3 Å². The standard InChI is InChI=1S/C8H14NO2.BrH.Zn/c1-7(2)8(10)9-3-5-11-6-4-9;;/h3-6H2,1-2H3;1H;/q-1;;+2/p-1. The first-order valence-corrected chi connectivity index (χ1v) is 11.1. The number of rotatable bonds is 1. The van der Waals surface area contributed by atoms with Crippen LogP contribution in [0.1, 0.15) is 13.8 Å². The maximum atomic E-state index is 11.3. The fourth-order valence-corrected chi connectivity index (χ4v) is 1.08. The summed E-state index contributed by atoms with van der Waals surface area (Å²) in [5, 5.41) is 0. The van der Waals surface area contributed by atoms with Crippen molar-refractivity contribution in [3.63, 3.8) is 0 Å². The van der Waals surface area contributed by atoms with E-state index in [0.29, 0.717) is 13.2 Å². The van der Waals surface area contributed by atoms with Gasteiger partial charge in [-0.1, -0.05) is 0 Å². The molecular formula is C8H14BrNO2Zn. The van der Waals surface area contributed by atoms with Crippen LogP contribution in [0.2, 0.25) is 0 Å². The molecule has 0 N–H and O–H groups in total. The number of carbonyl (C=O) groups excluding carboxylic acids is 1. The van der Waals surface area contributed by atoms with Crippen molar-refractivity contribution in [2.45, 2.75) is 13.8 Å². The Hall–Kier alpha value is 0.403. The molecule has 1 amide bonds. The molecule has 1 aliphatic heterocycles. The number of carbonyl (C=O) groups is 1. The monoisotopic (exact) mass is 299 g/mol. The minimum absolute atomic E-state index is 0.160. The van der Waals surface area contributed by atoms with E-state index in [2.05, 4.69) is 13.6 Å². The molecule has 0 unspecified atom stereocenters. The third kappa shape index (κ3) is 4.99. The van der Waals surface area contributed by atoms with E-state index >= 15 is 0 Å². The van der Waals surface area contributed by atoms with Gasteiger partial charge in [0.15, 0.2) is 0 Å². The van der Waals surface area contributed by atoms with Gasteiger partial charge in [-0.05, 0) is 0 Å². The average Bonchev–Trinajstić information content (AvgIpc) is 2.21. The van der Waals surface area contributed by atoms with Crippen molar-refractivity contribution in [2.24, 2.45) is 0 Å². The second-order valence-corrected chi connectivity index (χ2v) is 2.90. The molecule has 0 radical (unpaired) electrons. The molecule has 0 aromatic carbocycles. The van der Waals surface area contributed by atoms with Crippen molar-refractivity contribution >= 4 is 19.5 Å². The molecule has 0 aliphatic carbocycles. The van der Waals surface area contributed by atoms with E-state index < -0.39 is 0 Å². The summed E-state index contributed by atoms with van der Waals surface area (Å²) in [5.41, 5.74) is 0. The fraction of sp³-hybridized carbons (Fsp3) is 0.750. The fourth-order valence-electron chi connectivity index (χ4n) is 1.08. The van der Waals surface area contributed by atoms with Gasteiger partial charge in [-0.25, -0.2) is 0 Å². The first-order valence-electron chi connectivity index (χ1n) is 4.15. The summed E-state index contributed by atoms with van der Waals surface area (Å²) >= 11 is 4.25. The van der Waals surface area contributed by atoms with Gasteiger partial charge < -0.3 is 14.4 Å². The van der Waals surface area contributed by atoms with Gasteiger partial charge in [0.2, 0.25) is 0 Å². The Morgan fingerprint density at radius 3 is 2.23 bits per heavy atom. The summed E-state index contributed by atoms with van der Waals surface area (Å²) in [5.74, 6) is 1.01. The zero-order valence-corrected chi connectivity index (χ0v) is 12.7. The van der Waals surface area contributed by atoms with Gasteiger partial charge in [-0.3, -0.25) is 5.92 Å². The normalized spacial score (nSPS) is 15.9. The summed E-state index contributed by atoms with van der Waals surface area (Å²) < 4.78 is 5.13. The molecule has 1 aliphatic rings. The zero-order valence-electron chi connectivity index (χ0n) is 8.18. The topological polar surface area (TPSA) is 29.5 Å². The first kappa shape index (κ1) is 13.4. The van der Waals surface area contributed by atoms with Crippen molar-refractivity contribution in [1.82, 2.24) is 4.90 Å². The zero-order chi connectivity index (χ0) is 10.3. The van der Waals surface area contributed by atoms with Gasteiger partial charge in [0.1, 0.15) is 0 Å². The van der Waals surface area contributed by atoms with Gasteiger partial charge in [0, 0.05) is 13.1 Å². The molecule has 0 atom stereocenters. The molecule has 5 heteroatoms. The van der Waals surface area contributed by atoms with Crippen LogP contribution in [-0.2, 0) is 25.9 Å². The number of amides is 1. The summed E-state index contributed by atoms with van der Waals surface area (Å²) in [6.45, 7) is 6.53. The van der Waals surface area contributed by atoms with E-state index in [4.69, 9.17) is 4.74 Å².